The molecule has 2 rings (SSSR count). The van der Waals surface area contributed by atoms with Gasteiger partial charge in [-0.25, -0.2) is 0 Å². The molecule has 1 aromatic heterocycles. The second-order valence-electron chi connectivity index (χ2n) is 4.95. The zero-order valence-electron chi connectivity index (χ0n) is 10.8. The van der Waals surface area contributed by atoms with Crippen LogP contribution in [0, 0.1) is 5.92 Å². The highest BCUT2D eigenvalue weighted by molar-refractivity contribution is 5.09. The Labute approximate surface area is 104 Å². The first-order valence-corrected chi connectivity index (χ1v) is 6.81. The molecular weight excluding hydrogens is 212 g/mol. The zero-order chi connectivity index (χ0) is 11.9. The van der Waals surface area contributed by atoms with Crippen LogP contribution in [-0.4, -0.2) is 24.3 Å². The standard InChI is InChI=1S/C14H24N2O/c1-2-7-16-8-5-14(11-16)10-15-6-9-17-12-13-3-4-13/h5,8,11,13,15H,2-4,6-7,9-10,12H2,1H3. The van der Waals surface area contributed by atoms with Gasteiger partial charge in [-0.15, -0.1) is 0 Å². The summed E-state index contributed by atoms with van der Waals surface area (Å²) in [5.74, 6) is 0.873. The SMILES string of the molecule is CCCn1ccc(CNCCOCC2CC2)c1. The van der Waals surface area contributed by atoms with Crippen molar-refractivity contribution in [1.82, 2.24) is 9.88 Å². The second kappa shape index (κ2) is 6.82. The van der Waals surface area contributed by atoms with Gasteiger partial charge in [-0.05, 0) is 36.8 Å². The molecule has 0 saturated heterocycles. The molecule has 17 heavy (non-hydrogen) atoms. The van der Waals surface area contributed by atoms with E-state index in [-0.39, 0.29) is 0 Å². The molecule has 3 heteroatoms. The normalized spacial score (nSPS) is 15.4. The first kappa shape index (κ1) is 12.7. The molecule has 1 N–H and O–H groups in total. The Morgan fingerprint density at radius 2 is 2.35 bits per heavy atom. The summed E-state index contributed by atoms with van der Waals surface area (Å²) in [6, 6.07) is 2.19. The monoisotopic (exact) mass is 236 g/mol. The Balaban J connectivity index is 1.50. The smallest absolute Gasteiger partial charge is 0.0591 e. The van der Waals surface area contributed by atoms with Crippen LogP contribution in [0.4, 0.5) is 0 Å². The number of hydrogen-bond donors (Lipinski definition) is 1. The lowest BCUT2D eigenvalue weighted by Crippen LogP contribution is -2.19. The molecule has 1 aliphatic carbocycles. The van der Waals surface area contributed by atoms with Crippen LogP contribution in [0.25, 0.3) is 0 Å². The van der Waals surface area contributed by atoms with E-state index in [1.807, 2.05) is 0 Å². The summed E-state index contributed by atoms with van der Waals surface area (Å²) in [6.07, 6.45) is 8.32. The molecule has 96 valence electrons. The number of nitrogens with zero attached hydrogens (tertiary/aromatic N) is 1. The average Bonchev–Trinajstić information content (AvgIpc) is 3.05. The van der Waals surface area contributed by atoms with Gasteiger partial charge in [0.1, 0.15) is 0 Å². The molecule has 0 amide bonds. The van der Waals surface area contributed by atoms with E-state index in [9.17, 15) is 0 Å². The van der Waals surface area contributed by atoms with Gasteiger partial charge in [-0.1, -0.05) is 6.92 Å². The van der Waals surface area contributed by atoms with E-state index >= 15 is 0 Å². The maximum absolute atomic E-state index is 5.57. The summed E-state index contributed by atoms with van der Waals surface area (Å²) in [6.45, 7) is 7.02. The van der Waals surface area contributed by atoms with Crippen molar-refractivity contribution in [3.63, 3.8) is 0 Å². The quantitative estimate of drug-likeness (QED) is 0.666. The van der Waals surface area contributed by atoms with Crippen LogP contribution in [0.3, 0.4) is 0 Å². The maximum atomic E-state index is 5.57. The number of nitrogens with one attached hydrogen (secondary N) is 1. The van der Waals surface area contributed by atoms with Crippen LogP contribution in [0.2, 0.25) is 0 Å². The Morgan fingerprint density at radius 1 is 1.47 bits per heavy atom. The first-order valence-electron chi connectivity index (χ1n) is 6.81. The number of aryl methyl sites for hydroxylation is 1. The van der Waals surface area contributed by atoms with E-state index < -0.39 is 0 Å². The molecule has 0 atom stereocenters. The van der Waals surface area contributed by atoms with E-state index in [1.165, 1.54) is 24.8 Å². The van der Waals surface area contributed by atoms with Crippen LogP contribution >= 0.6 is 0 Å². The minimum atomic E-state index is 0.839. The lowest BCUT2D eigenvalue weighted by molar-refractivity contribution is 0.126. The summed E-state index contributed by atoms with van der Waals surface area (Å²) >= 11 is 0. The van der Waals surface area contributed by atoms with Crippen LogP contribution in [0.1, 0.15) is 31.7 Å². The molecule has 0 radical (unpaired) electrons. The molecule has 0 unspecified atom stereocenters. The predicted molar refractivity (Wildman–Crippen MR) is 70.0 cm³/mol. The first-order chi connectivity index (χ1) is 8.38. The van der Waals surface area contributed by atoms with E-state index in [2.05, 4.69) is 35.3 Å². The molecule has 3 nitrogen and oxygen atoms in total. The summed E-state index contributed by atoms with van der Waals surface area (Å²) in [5, 5.41) is 3.41. The van der Waals surface area contributed by atoms with Gasteiger partial charge in [0.05, 0.1) is 6.61 Å². The van der Waals surface area contributed by atoms with Gasteiger partial charge in [-0.2, -0.15) is 0 Å². The molecule has 0 aromatic carbocycles. The van der Waals surface area contributed by atoms with E-state index in [4.69, 9.17) is 4.74 Å². The zero-order valence-corrected chi connectivity index (χ0v) is 10.8. The van der Waals surface area contributed by atoms with Gasteiger partial charge < -0.3 is 14.6 Å². The molecule has 0 aliphatic heterocycles. The molecule has 1 aliphatic rings. The second-order valence-corrected chi connectivity index (χ2v) is 4.95. The molecule has 0 bridgehead atoms. The lowest BCUT2D eigenvalue weighted by atomic mass is 10.3. The van der Waals surface area contributed by atoms with Crippen molar-refractivity contribution in [3.8, 4) is 0 Å². The number of aromatic nitrogens is 1. The topological polar surface area (TPSA) is 26.2 Å². The van der Waals surface area contributed by atoms with Gasteiger partial charge in [0.25, 0.3) is 0 Å². The Morgan fingerprint density at radius 3 is 3.12 bits per heavy atom. The van der Waals surface area contributed by atoms with Gasteiger partial charge in [0.15, 0.2) is 0 Å². The van der Waals surface area contributed by atoms with Crippen molar-refractivity contribution >= 4 is 0 Å². The van der Waals surface area contributed by atoms with Crippen molar-refractivity contribution in [2.75, 3.05) is 19.8 Å². The minimum Gasteiger partial charge on any atom is -0.380 e. The van der Waals surface area contributed by atoms with Crippen molar-refractivity contribution in [2.45, 2.75) is 39.3 Å². The third-order valence-corrected chi connectivity index (χ3v) is 3.10. The highest BCUT2D eigenvalue weighted by Crippen LogP contribution is 2.28. The molecule has 1 aromatic rings. The van der Waals surface area contributed by atoms with Crippen LogP contribution in [0.15, 0.2) is 18.5 Å². The molecule has 1 heterocycles. The van der Waals surface area contributed by atoms with Gasteiger partial charge in [0.2, 0.25) is 0 Å². The minimum absolute atomic E-state index is 0.839. The fourth-order valence-corrected chi connectivity index (χ4v) is 1.90. The van der Waals surface area contributed by atoms with Crippen molar-refractivity contribution in [3.05, 3.63) is 24.0 Å². The van der Waals surface area contributed by atoms with Crippen molar-refractivity contribution in [1.29, 1.82) is 0 Å². The summed E-state index contributed by atoms with van der Waals surface area (Å²) in [4.78, 5) is 0. The molecule has 1 saturated carbocycles. The highest BCUT2D eigenvalue weighted by Gasteiger charge is 2.20. The fraction of sp³-hybridized carbons (Fsp3) is 0.714. The molecule has 1 fully saturated rings. The van der Waals surface area contributed by atoms with Crippen LogP contribution in [-0.2, 0) is 17.8 Å². The summed E-state index contributed by atoms with van der Waals surface area (Å²) < 4.78 is 7.82. The van der Waals surface area contributed by atoms with E-state index in [1.54, 1.807) is 0 Å². The fourth-order valence-electron chi connectivity index (χ4n) is 1.90. The number of rotatable bonds is 9. The number of hydrogen-bond acceptors (Lipinski definition) is 2. The lowest BCUT2D eigenvalue weighted by Gasteiger charge is -2.04. The van der Waals surface area contributed by atoms with Gasteiger partial charge >= 0.3 is 0 Å². The van der Waals surface area contributed by atoms with Gasteiger partial charge in [-0.3, -0.25) is 0 Å². The van der Waals surface area contributed by atoms with E-state index in [0.717, 1.165) is 38.8 Å². The molecular formula is C14H24N2O. The van der Waals surface area contributed by atoms with Gasteiger partial charge in [0, 0.05) is 38.6 Å². The van der Waals surface area contributed by atoms with Crippen molar-refractivity contribution in [2.24, 2.45) is 5.92 Å². The van der Waals surface area contributed by atoms with E-state index in [0.29, 0.717) is 0 Å². The molecule has 0 spiro atoms. The average molecular weight is 236 g/mol. The third kappa shape index (κ3) is 4.92. The van der Waals surface area contributed by atoms with Crippen LogP contribution < -0.4 is 5.32 Å². The largest absolute Gasteiger partial charge is 0.380 e. The van der Waals surface area contributed by atoms with Crippen molar-refractivity contribution < 1.29 is 4.74 Å². The summed E-state index contributed by atoms with van der Waals surface area (Å²) in [7, 11) is 0. The van der Waals surface area contributed by atoms with Crippen LogP contribution in [0.5, 0.6) is 0 Å². The number of ether oxygens (including phenoxy) is 1. The predicted octanol–water partition coefficient (Wildman–Crippen LogP) is 2.41. The third-order valence-electron chi connectivity index (χ3n) is 3.10. The highest BCUT2D eigenvalue weighted by atomic mass is 16.5. The Hall–Kier alpha value is -0.800. The Kier molecular flexibility index (Phi) is 5.08. The summed E-state index contributed by atoms with van der Waals surface area (Å²) in [5.41, 5.74) is 1.36. The Bertz CT molecular complexity index is 318. The maximum Gasteiger partial charge on any atom is 0.0591 e.